The number of primary amides is 1. The van der Waals surface area contributed by atoms with Crippen LogP contribution < -0.4 is 5.73 Å². The molecule has 0 unspecified atom stereocenters. The van der Waals surface area contributed by atoms with Crippen LogP contribution in [0.2, 0.25) is 0 Å². The molecule has 2 heterocycles. The van der Waals surface area contributed by atoms with Gasteiger partial charge < -0.3 is 5.73 Å². The number of carbonyl (C=O) groups excluding carboxylic acids is 1. The molecule has 5 nitrogen and oxygen atoms in total. The van der Waals surface area contributed by atoms with Crippen molar-refractivity contribution in [3.05, 3.63) is 59.8 Å². The molecule has 0 atom stereocenters. The summed E-state index contributed by atoms with van der Waals surface area (Å²) in [6.07, 6.45) is 1.68. The van der Waals surface area contributed by atoms with Crippen LogP contribution >= 0.6 is 0 Å². The first-order chi connectivity index (χ1) is 11.0. The summed E-state index contributed by atoms with van der Waals surface area (Å²) in [5, 5.41) is 2.97. The zero-order valence-electron chi connectivity index (χ0n) is 11.7. The number of imidazole rings is 1. The van der Waals surface area contributed by atoms with Crippen molar-refractivity contribution in [2.24, 2.45) is 5.73 Å². The smallest absolute Gasteiger partial charge is 0.251 e. The van der Waals surface area contributed by atoms with Crippen LogP contribution in [-0.4, -0.2) is 20.5 Å². The summed E-state index contributed by atoms with van der Waals surface area (Å²) in [6, 6.07) is 8.24. The summed E-state index contributed by atoms with van der Waals surface area (Å²) < 4.78 is 28.3. The second-order valence-electron chi connectivity index (χ2n) is 5.15. The number of H-pyrrole nitrogens is 1. The van der Waals surface area contributed by atoms with Crippen molar-refractivity contribution >= 4 is 22.6 Å². The second-order valence-corrected chi connectivity index (χ2v) is 5.15. The highest BCUT2D eigenvalue weighted by atomic mass is 19.1. The van der Waals surface area contributed by atoms with Gasteiger partial charge in [-0.3, -0.25) is 9.89 Å². The van der Waals surface area contributed by atoms with Crippen molar-refractivity contribution in [3.8, 4) is 11.1 Å². The number of hydrogen-bond donors (Lipinski definition) is 2. The molecule has 0 aliphatic heterocycles. The van der Waals surface area contributed by atoms with Crippen molar-refractivity contribution in [3.63, 3.8) is 0 Å². The van der Waals surface area contributed by atoms with Crippen LogP contribution in [0, 0.1) is 11.6 Å². The van der Waals surface area contributed by atoms with E-state index >= 15 is 0 Å². The summed E-state index contributed by atoms with van der Waals surface area (Å²) >= 11 is 0. The maximum absolute atomic E-state index is 13.7. The number of rotatable bonds is 2. The largest absolute Gasteiger partial charge is 0.366 e. The fourth-order valence-corrected chi connectivity index (χ4v) is 2.70. The molecular formula is C16H10F2N4O. The maximum Gasteiger partial charge on any atom is 0.251 e. The van der Waals surface area contributed by atoms with Crippen molar-refractivity contribution in [1.29, 1.82) is 0 Å². The standard InChI is InChI=1S/C16H10F2N4O/c17-9-3-1-8(2-4-9)12-7-20-22-14-11(15(19)23)5-10(18)6-13(14)21-16(12)22/h1-7,20H,(H2,19,23). The minimum Gasteiger partial charge on any atom is -0.366 e. The van der Waals surface area contributed by atoms with Gasteiger partial charge in [0.25, 0.3) is 5.91 Å². The van der Waals surface area contributed by atoms with E-state index in [2.05, 4.69) is 10.1 Å². The van der Waals surface area contributed by atoms with Gasteiger partial charge in [-0.05, 0) is 23.8 Å². The lowest BCUT2D eigenvalue weighted by atomic mass is 10.1. The van der Waals surface area contributed by atoms with Gasteiger partial charge in [0.05, 0.1) is 11.1 Å². The Balaban J connectivity index is 2.05. The molecule has 23 heavy (non-hydrogen) atoms. The number of aromatic nitrogens is 3. The van der Waals surface area contributed by atoms with Crippen molar-refractivity contribution in [2.45, 2.75) is 0 Å². The molecule has 3 N–H and O–H groups in total. The summed E-state index contributed by atoms with van der Waals surface area (Å²) in [4.78, 5) is 15.9. The molecule has 7 heteroatoms. The van der Waals surface area contributed by atoms with Crippen LogP contribution in [0.4, 0.5) is 8.78 Å². The number of hydrogen-bond acceptors (Lipinski definition) is 2. The first-order valence-electron chi connectivity index (χ1n) is 6.79. The zero-order chi connectivity index (χ0) is 16.1. The molecule has 4 aromatic rings. The van der Waals surface area contributed by atoms with E-state index in [0.29, 0.717) is 22.2 Å². The monoisotopic (exact) mass is 312 g/mol. The number of nitrogens with two attached hydrogens (primary N) is 1. The van der Waals surface area contributed by atoms with E-state index in [1.807, 2.05) is 0 Å². The molecule has 114 valence electrons. The predicted molar refractivity (Wildman–Crippen MR) is 80.9 cm³/mol. The molecule has 0 saturated carbocycles. The number of aromatic amines is 1. The maximum atomic E-state index is 13.7. The Kier molecular flexibility index (Phi) is 2.71. The second kappa shape index (κ2) is 4.64. The molecule has 0 aliphatic rings. The molecule has 0 spiro atoms. The van der Waals surface area contributed by atoms with Crippen molar-refractivity contribution in [1.82, 2.24) is 14.6 Å². The molecule has 0 radical (unpaired) electrons. The fourth-order valence-electron chi connectivity index (χ4n) is 2.70. The molecule has 0 bridgehead atoms. The molecule has 4 rings (SSSR count). The third-order valence-corrected chi connectivity index (χ3v) is 3.72. The number of benzene rings is 2. The highest BCUT2D eigenvalue weighted by Gasteiger charge is 2.18. The van der Waals surface area contributed by atoms with Gasteiger partial charge in [-0.2, -0.15) is 0 Å². The van der Waals surface area contributed by atoms with Crippen LogP contribution in [0.1, 0.15) is 10.4 Å². The van der Waals surface area contributed by atoms with Gasteiger partial charge in [0.1, 0.15) is 17.2 Å². The SMILES string of the molecule is NC(=O)c1cc(F)cc2nc3c(-c4ccc(F)cc4)c[nH]n3c12. The van der Waals surface area contributed by atoms with E-state index in [0.717, 1.165) is 11.6 Å². The molecule has 0 saturated heterocycles. The topological polar surface area (TPSA) is 76.2 Å². The Hall–Kier alpha value is -3.22. The molecule has 2 aromatic carbocycles. The predicted octanol–water partition coefficient (Wildman–Crippen LogP) is 2.86. The number of fused-ring (bicyclic) bond motifs is 3. The third-order valence-electron chi connectivity index (χ3n) is 3.72. The van der Waals surface area contributed by atoms with Gasteiger partial charge in [0.2, 0.25) is 0 Å². The number of nitrogens with one attached hydrogen (secondary N) is 1. The Morgan fingerprint density at radius 3 is 2.57 bits per heavy atom. The van der Waals surface area contributed by atoms with E-state index < -0.39 is 11.7 Å². The van der Waals surface area contributed by atoms with E-state index in [-0.39, 0.29) is 11.4 Å². The van der Waals surface area contributed by atoms with Crippen molar-refractivity contribution < 1.29 is 13.6 Å². The summed E-state index contributed by atoms with van der Waals surface area (Å²) in [7, 11) is 0. The Morgan fingerprint density at radius 1 is 1.13 bits per heavy atom. The van der Waals surface area contributed by atoms with Gasteiger partial charge in [-0.25, -0.2) is 18.3 Å². The minimum absolute atomic E-state index is 0.0417. The van der Waals surface area contributed by atoms with E-state index in [4.69, 9.17) is 5.73 Å². The number of carbonyl (C=O) groups is 1. The van der Waals surface area contributed by atoms with Crippen LogP contribution in [0.15, 0.2) is 42.6 Å². The first kappa shape index (κ1) is 13.4. The Bertz CT molecular complexity index is 1060. The highest BCUT2D eigenvalue weighted by Crippen LogP contribution is 2.29. The minimum atomic E-state index is -0.741. The molecule has 1 amide bonds. The number of amides is 1. The molecular weight excluding hydrogens is 302 g/mol. The average molecular weight is 312 g/mol. The lowest BCUT2D eigenvalue weighted by Crippen LogP contribution is -2.12. The molecule has 0 fully saturated rings. The molecule has 2 aromatic heterocycles. The van der Waals surface area contributed by atoms with Gasteiger partial charge in [-0.15, -0.1) is 0 Å². The van der Waals surface area contributed by atoms with Gasteiger partial charge in [0.15, 0.2) is 5.65 Å². The first-order valence-corrected chi connectivity index (χ1v) is 6.79. The fraction of sp³-hybridized carbons (Fsp3) is 0. The highest BCUT2D eigenvalue weighted by molar-refractivity contribution is 6.05. The normalized spacial score (nSPS) is 11.4. The van der Waals surface area contributed by atoms with Gasteiger partial charge in [0, 0.05) is 17.8 Å². The summed E-state index contributed by atoms with van der Waals surface area (Å²) in [5.41, 5.74) is 8.04. The Labute approximate surface area is 128 Å². The van der Waals surface area contributed by atoms with Gasteiger partial charge in [-0.1, -0.05) is 12.1 Å². The van der Waals surface area contributed by atoms with Crippen LogP contribution in [0.3, 0.4) is 0 Å². The van der Waals surface area contributed by atoms with E-state index in [1.54, 1.807) is 22.8 Å². The van der Waals surface area contributed by atoms with E-state index in [1.165, 1.54) is 18.2 Å². The van der Waals surface area contributed by atoms with Crippen LogP contribution in [-0.2, 0) is 0 Å². The van der Waals surface area contributed by atoms with Crippen LogP contribution in [0.25, 0.3) is 27.8 Å². The average Bonchev–Trinajstić information content (AvgIpc) is 3.05. The van der Waals surface area contributed by atoms with Crippen molar-refractivity contribution in [2.75, 3.05) is 0 Å². The molecule has 0 aliphatic carbocycles. The van der Waals surface area contributed by atoms with E-state index in [9.17, 15) is 13.6 Å². The van der Waals surface area contributed by atoms with Gasteiger partial charge >= 0.3 is 0 Å². The summed E-state index contributed by atoms with van der Waals surface area (Å²) in [5.74, 6) is -1.67. The zero-order valence-corrected chi connectivity index (χ0v) is 11.7. The lowest BCUT2D eigenvalue weighted by Gasteiger charge is -1.99. The quantitative estimate of drug-likeness (QED) is 0.597. The Morgan fingerprint density at radius 2 is 1.87 bits per heavy atom. The lowest BCUT2D eigenvalue weighted by molar-refractivity contribution is 0.100. The summed E-state index contributed by atoms with van der Waals surface area (Å²) in [6.45, 7) is 0. The van der Waals surface area contributed by atoms with Crippen LogP contribution in [0.5, 0.6) is 0 Å². The third kappa shape index (κ3) is 1.97. The number of nitrogens with zero attached hydrogens (tertiary/aromatic N) is 2. The number of halogens is 2.